The van der Waals surface area contributed by atoms with Gasteiger partial charge in [-0.25, -0.2) is 0 Å². The fourth-order valence-electron chi connectivity index (χ4n) is 9.31. The summed E-state index contributed by atoms with van der Waals surface area (Å²) < 4.78 is 5.16. The van der Waals surface area contributed by atoms with Gasteiger partial charge in [0.2, 0.25) is 0 Å². The van der Waals surface area contributed by atoms with Crippen molar-refractivity contribution in [3.8, 4) is 39.1 Å². The largest absolute Gasteiger partial charge is 0.310 e. The summed E-state index contributed by atoms with van der Waals surface area (Å²) in [6, 6.07) is 58.8. The fraction of sp³-hybridized carbons (Fsp3) is 0.0980. The van der Waals surface area contributed by atoms with Gasteiger partial charge in [0.05, 0.1) is 5.52 Å². The first-order chi connectivity index (χ1) is 26.0. The minimum absolute atomic E-state index is 0.000205. The van der Waals surface area contributed by atoms with E-state index in [0.29, 0.717) is 5.92 Å². The predicted molar refractivity (Wildman–Crippen MR) is 227 cm³/mol. The van der Waals surface area contributed by atoms with Crippen LogP contribution in [0, 0.1) is 0 Å². The van der Waals surface area contributed by atoms with Gasteiger partial charge in [0.1, 0.15) is 0 Å². The van der Waals surface area contributed by atoms with Gasteiger partial charge in [0, 0.05) is 48.3 Å². The van der Waals surface area contributed by atoms with Gasteiger partial charge in [-0.3, -0.25) is 0 Å². The molecule has 0 saturated heterocycles. The number of hydrogen-bond acceptors (Lipinski definition) is 1. The fourth-order valence-corrected chi connectivity index (χ4v) is 10.6. The lowest BCUT2D eigenvalue weighted by Gasteiger charge is -2.22. The van der Waals surface area contributed by atoms with Crippen molar-refractivity contribution in [1.82, 2.24) is 4.57 Å². The first kappa shape index (κ1) is 30.6. The van der Waals surface area contributed by atoms with Gasteiger partial charge in [0.15, 0.2) is 0 Å². The summed E-state index contributed by atoms with van der Waals surface area (Å²) in [7, 11) is 0. The topological polar surface area (TPSA) is 4.93 Å². The summed E-state index contributed by atoms with van der Waals surface area (Å²) in [5.41, 5.74) is 17.2. The van der Waals surface area contributed by atoms with E-state index in [1.807, 2.05) is 11.3 Å². The first-order valence-corrected chi connectivity index (χ1v) is 19.5. The lowest BCUT2D eigenvalue weighted by Crippen LogP contribution is -2.14. The summed E-state index contributed by atoms with van der Waals surface area (Å²) >= 11 is 1.89. The van der Waals surface area contributed by atoms with Crippen LogP contribution in [0.25, 0.3) is 76.2 Å². The van der Waals surface area contributed by atoms with Gasteiger partial charge in [-0.1, -0.05) is 147 Å². The summed E-state index contributed by atoms with van der Waals surface area (Å²) in [5, 5.41) is 4.01. The molecule has 0 radical (unpaired) electrons. The molecule has 2 aromatic heterocycles. The van der Waals surface area contributed by atoms with Crippen LogP contribution in [0.15, 0.2) is 164 Å². The lowest BCUT2D eigenvalue weighted by molar-refractivity contribution is 0.660. The van der Waals surface area contributed by atoms with Crippen molar-refractivity contribution in [1.29, 1.82) is 0 Å². The molecule has 0 amide bonds. The molecule has 0 saturated carbocycles. The number of benzene rings is 7. The van der Waals surface area contributed by atoms with Crippen LogP contribution in [-0.4, -0.2) is 4.57 Å². The van der Waals surface area contributed by atoms with Crippen molar-refractivity contribution in [2.45, 2.75) is 31.6 Å². The number of aromatic nitrogens is 1. The van der Waals surface area contributed by atoms with E-state index in [1.54, 1.807) is 0 Å². The van der Waals surface area contributed by atoms with Crippen LogP contribution in [0.2, 0.25) is 0 Å². The molecule has 0 bridgehead atoms. The highest BCUT2D eigenvalue weighted by atomic mass is 32.1. The van der Waals surface area contributed by atoms with Crippen LogP contribution in [0.3, 0.4) is 0 Å². The van der Waals surface area contributed by atoms with Crippen LogP contribution in [0.1, 0.15) is 47.7 Å². The Bertz CT molecular complexity index is 2950. The van der Waals surface area contributed by atoms with Crippen LogP contribution in [0.4, 0.5) is 0 Å². The van der Waals surface area contributed by atoms with Gasteiger partial charge in [-0.15, -0.1) is 11.3 Å². The highest BCUT2D eigenvalue weighted by Crippen LogP contribution is 2.50. The van der Waals surface area contributed by atoms with Gasteiger partial charge in [-0.2, -0.15) is 0 Å². The molecule has 0 spiro atoms. The van der Waals surface area contributed by atoms with E-state index in [1.165, 1.54) is 98.1 Å². The molecule has 0 aliphatic heterocycles. The van der Waals surface area contributed by atoms with E-state index in [9.17, 15) is 0 Å². The summed E-state index contributed by atoms with van der Waals surface area (Å²) in [6.07, 6.45) is 5.77. The van der Waals surface area contributed by atoms with Gasteiger partial charge in [0.25, 0.3) is 0 Å². The third kappa shape index (κ3) is 4.62. The number of fused-ring (bicyclic) bond motifs is 9. The average Bonchev–Trinajstić information content (AvgIpc) is 3.83. The van der Waals surface area contributed by atoms with E-state index in [2.05, 4.69) is 188 Å². The molecule has 7 aromatic carbocycles. The molecule has 1 nitrogen and oxygen atoms in total. The molecule has 2 aliphatic carbocycles. The second-order valence-electron chi connectivity index (χ2n) is 15.3. The second kappa shape index (κ2) is 11.5. The van der Waals surface area contributed by atoms with Gasteiger partial charge >= 0.3 is 0 Å². The number of allylic oxidation sites excluding steroid dienone is 1. The number of rotatable bonds is 4. The summed E-state index contributed by atoms with van der Waals surface area (Å²) in [4.78, 5) is 0. The molecule has 53 heavy (non-hydrogen) atoms. The van der Waals surface area contributed by atoms with Gasteiger partial charge < -0.3 is 4.57 Å². The Morgan fingerprint density at radius 1 is 0.566 bits per heavy atom. The molecule has 2 heterocycles. The highest BCUT2D eigenvalue weighted by Gasteiger charge is 2.35. The Hall–Kier alpha value is -5.96. The predicted octanol–water partition coefficient (Wildman–Crippen LogP) is 14.0. The Morgan fingerprint density at radius 3 is 2.19 bits per heavy atom. The molecule has 0 fully saturated rings. The van der Waals surface area contributed by atoms with Crippen molar-refractivity contribution in [2.24, 2.45) is 0 Å². The summed E-state index contributed by atoms with van der Waals surface area (Å²) in [5.74, 6) is 0.321. The van der Waals surface area contributed by atoms with Gasteiger partial charge in [-0.05, 0) is 98.5 Å². The molecular formula is C51H37NS. The molecule has 9 aromatic rings. The second-order valence-corrected chi connectivity index (χ2v) is 16.3. The third-order valence-corrected chi connectivity index (χ3v) is 13.2. The highest BCUT2D eigenvalue weighted by molar-refractivity contribution is 7.26. The van der Waals surface area contributed by atoms with Crippen molar-refractivity contribution in [2.75, 3.05) is 0 Å². The molecule has 1 atom stereocenters. The van der Waals surface area contributed by atoms with Crippen LogP contribution in [-0.2, 0) is 11.8 Å². The van der Waals surface area contributed by atoms with E-state index >= 15 is 0 Å². The first-order valence-electron chi connectivity index (χ1n) is 18.7. The van der Waals surface area contributed by atoms with E-state index in [-0.39, 0.29) is 5.41 Å². The van der Waals surface area contributed by atoms with E-state index in [0.717, 1.165) is 6.42 Å². The van der Waals surface area contributed by atoms with Crippen molar-refractivity contribution in [3.63, 3.8) is 0 Å². The zero-order valence-electron chi connectivity index (χ0n) is 29.8. The number of hydrogen-bond donors (Lipinski definition) is 0. The molecule has 2 heteroatoms. The van der Waals surface area contributed by atoms with E-state index < -0.39 is 0 Å². The number of nitrogens with zero attached hydrogens (tertiary/aromatic N) is 1. The monoisotopic (exact) mass is 695 g/mol. The van der Waals surface area contributed by atoms with Crippen molar-refractivity contribution in [3.05, 3.63) is 192 Å². The average molecular weight is 696 g/mol. The van der Waals surface area contributed by atoms with Crippen LogP contribution in [0.5, 0.6) is 0 Å². The third-order valence-electron chi connectivity index (χ3n) is 12.0. The minimum atomic E-state index is 0.000205. The quantitative estimate of drug-likeness (QED) is 0.173. The molecule has 2 aliphatic rings. The van der Waals surface area contributed by atoms with Crippen LogP contribution < -0.4 is 0 Å². The minimum Gasteiger partial charge on any atom is -0.310 e. The maximum absolute atomic E-state index is 2.47. The van der Waals surface area contributed by atoms with E-state index in [4.69, 9.17) is 0 Å². The SMILES string of the molecule is CC1(C)c2ccccc2-c2ccc(-c3ccc(C4C=Cc5c(c6ccccc6n5-c5cccc(-c6cccc7c6sc6ccccc67)c5)C4)cc3)cc21. The Morgan fingerprint density at radius 2 is 1.28 bits per heavy atom. The summed E-state index contributed by atoms with van der Waals surface area (Å²) in [6.45, 7) is 4.71. The van der Waals surface area contributed by atoms with Crippen molar-refractivity contribution >= 4 is 48.5 Å². The number of thiophene rings is 1. The smallest absolute Gasteiger partial charge is 0.0537 e. The Kier molecular flexibility index (Phi) is 6.66. The standard InChI is InChI=1S/C51H37NS/c1-51(2)45-18-6-3-13-39(45)40-27-25-35(31-46(40)51)33-23-21-32(22-24-33)34-26-28-48-44(30-34)41-14-4-7-19-47(41)52(48)37-12-9-11-36(29-37)38-16-10-17-43-42-15-5-8-20-49(42)53-50(38)43/h3-29,31,34H,30H2,1-2H3. The Balaban J connectivity index is 0.935. The lowest BCUT2D eigenvalue weighted by atomic mass is 9.81. The molecular weight excluding hydrogens is 659 g/mol. The number of para-hydroxylation sites is 1. The Labute approximate surface area is 314 Å². The molecule has 0 N–H and O–H groups in total. The van der Waals surface area contributed by atoms with Crippen LogP contribution >= 0.6 is 11.3 Å². The zero-order valence-corrected chi connectivity index (χ0v) is 30.6. The normalized spacial score (nSPS) is 15.5. The maximum atomic E-state index is 2.47. The molecule has 1 unspecified atom stereocenters. The maximum Gasteiger partial charge on any atom is 0.0537 e. The molecule has 11 rings (SSSR count). The zero-order chi connectivity index (χ0) is 35.3. The van der Waals surface area contributed by atoms with Crippen molar-refractivity contribution < 1.29 is 0 Å². The molecule has 252 valence electrons.